The van der Waals surface area contributed by atoms with Gasteiger partial charge in [-0.05, 0) is 48.6 Å². The van der Waals surface area contributed by atoms with Gasteiger partial charge >= 0.3 is 0 Å². The van der Waals surface area contributed by atoms with E-state index in [0.717, 1.165) is 12.8 Å². The van der Waals surface area contributed by atoms with Crippen LogP contribution in [0.15, 0.2) is 30.5 Å². The number of rotatable bonds is 2. The minimum absolute atomic E-state index is 0.262. The minimum atomic E-state index is 0.262. The first-order chi connectivity index (χ1) is 8.86. The molecule has 0 radical (unpaired) electrons. The molecule has 1 aromatic heterocycles. The summed E-state index contributed by atoms with van der Waals surface area (Å²) in [4.78, 5) is 0. The average Bonchev–Trinajstić information content (AvgIpc) is 2.87. The molecule has 0 N–H and O–H groups in total. The van der Waals surface area contributed by atoms with Crippen LogP contribution in [0.25, 0.3) is 0 Å². The largest absolute Gasteiger partial charge is 0.437 e. The van der Waals surface area contributed by atoms with Gasteiger partial charge in [-0.1, -0.05) is 6.07 Å². The molecular formula is C14H11N3O. The molecule has 18 heavy (non-hydrogen) atoms. The van der Waals surface area contributed by atoms with E-state index in [9.17, 15) is 0 Å². The maximum absolute atomic E-state index is 8.95. The summed E-state index contributed by atoms with van der Waals surface area (Å²) >= 11 is 0. The number of hydrogen-bond donors (Lipinski definition) is 0. The molecule has 1 aliphatic rings. The van der Waals surface area contributed by atoms with Crippen LogP contribution in [0, 0.1) is 11.3 Å². The Kier molecular flexibility index (Phi) is 2.66. The van der Waals surface area contributed by atoms with Crippen molar-refractivity contribution < 1.29 is 4.74 Å². The molecular weight excluding hydrogens is 226 g/mol. The molecule has 0 bridgehead atoms. The molecule has 0 amide bonds. The lowest BCUT2D eigenvalue weighted by atomic mass is 10.1. The van der Waals surface area contributed by atoms with Gasteiger partial charge in [0.25, 0.3) is 5.88 Å². The molecule has 0 aliphatic heterocycles. The molecule has 0 unspecified atom stereocenters. The van der Waals surface area contributed by atoms with E-state index in [1.807, 2.05) is 18.2 Å². The molecule has 1 aliphatic carbocycles. The quantitative estimate of drug-likeness (QED) is 0.805. The molecule has 2 aromatic rings. The van der Waals surface area contributed by atoms with Crippen LogP contribution in [0.5, 0.6) is 11.6 Å². The zero-order chi connectivity index (χ0) is 12.4. The van der Waals surface area contributed by atoms with Crippen molar-refractivity contribution in [3.8, 4) is 17.7 Å². The first-order valence-electron chi connectivity index (χ1n) is 5.88. The van der Waals surface area contributed by atoms with Gasteiger partial charge in [0.15, 0.2) is 0 Å². The molecule has 0 atom stereocenters. The van der Waals surface area contributed by atoms with Crippen molar-refractivity contribution in [2.45, 2.75) is 19.3 Å². The second-order valence-corrected chi connectivity index (χ2v) is 4.25. The van der Waals surface area contributed by atoms with Crippen LogP contribution >= 0.6 is 0 Å². The average molecular weight is 237 g/mol. The van der Waals surface area contributed by atoms with Gasteiger partial charge in [-0.25, -0.2) is 0 Å². The highest BCUT2D eigenvalue weighted by Gasteiger charge is 2.12. The van der Waals surface area contributed by atoms with Gasteiger partial charge in [0.05, 0.1) is 6.20 Å². The minimum Gasteiger partial charge on any atom is -0.437 e. The number of nitriles is 1. The lowest BCUT2D eigenvalue weighted by molar-refractivity contribution is 0.453. The fraction of sp³-hybridized carbons (Fsp3) is 0.214. The fourth-order valence-electron chi connectivity index (χ4n) is 2.20. The van der Waals surface area contributed by atoms with Crippen LogP contribution in [0.4, 0.5) is 0 Å². The Bertz CT molecular complexity index is 631. The van der Waals surface area contributed by atoms with Gasteiger partial charge < -0.3 is 4.74 Å². The predicted molar refractivity (Wildman–Crippen MR) is 65.3 cm³/mol. The third-order valence-corrected chi connectivity index (χ3v) is 3.09. The number of aryl methyl sites for hydroxylation is 2. The van der Waals surface area contributed by atoms with Crippen molar-refractivity contribution in [3.63, 3.8) is 0 Å². The summed E-state index contributed by atoms with van der Waals surface area (Å²) in [6.45, 7) is 0. The van der Waals surface area contributed by atoms with E-state index in [-0.39, 0.29) is 5.88 Å². The first kappa shape index (κ1) is 10.7. The Morgan fingerprint density at radius 1 is 1.17 bits per heavy atom. The standard InChI is InChI=1S/C14H11N3O/c15-9-12-6-7-16-17-14(12)18-13-5-4-10-2-1-3-11(10)8-13/h4-8H,1-3H2. The molecule has 4 nitrogen and oxygen atoms in total. The topological polar surface area (TPSA) is 58.8 Å². The van der Waals surface area contributed by atoms with Gasteiger partial charge in [-0.15, -0.1) is 5.10 Å². The van der Waals surface area contributed by atoms with E-state index in [1.54, 1.807) is 6.07 Å². The Hall–Kier alpha value is -2.41. The number of ether oxygens (including phenoxy) is 1. The van der Waals surface area contributed by atoms with E-state index >= 15 is 0 Å². The lowest BCUT2D eigenvalue weighted by Gasteiger charge is -2.07. The van der Waals surface area contributed by atoms with Crippen LogP contribution in [-0.2, 0) is 12.8 Å². The Morgan fingerprint density at radius 3 is 2.94 bits per heavy atom. The highest BCUT2D eigenvalue weighted by atomic mass is 16.5. The molecule has 4 heteroatoms. The first-order valence-corrected chi connectivity index (χ1v) is 5.88. The van der Waals surface area contributed by atoms with Gasteiger partial charge in [-0.3, -0.25) is 0 Å². The number of fused-ring (bicyclic) bond motifs is 1. The van der Waals surface area contributed by atoms with Crippen molar-refractivity contribution in [2.24, 2.45) is 0 Å². The molecule has 88 valence electrons. The zero-order valence-electron chi connectivity index (χ0n) is 9.76. The summed E-state index contributed by atoms with van der Waals surface area (Å²) < 4.78 is 5.63. The van der Waals surface area contributed by atoms with Gasteiger partial charge in [0, 0.05) is 0 Å². The number of hydrogen-bond acceptors (Lipinski definition) is 4. The van der Waals surface area contributed by atoms with Crippen molar-refractivity contribution in [1.82, 2.24) is 10.2 Å². The molecule has 1 aromatic carbocycles. The van der Waals surface area contributed by atoms with Gasteiger partial charge in [0.2, 0.25) is 0 Å². The highest BCUT2D eigenvalue weighted by molar-refractivity contribution is 5.42. The summed E-state index contributed by atoms with van der Waals surface area (Å²) in [7, 11) is 0. The molecule has 0 saturated heterocycles. The molecule has 0 saturated carbocycles. The van der Waals surface area contributed by atoms with Crippen LogP contribution in [0.2, 0.25) is 0 Å². The van der Waals surface area contributed by atoms with Crippen molar-refractivity contribution >= 4 is 0 Å². The van der Waals surface area contributed by atoms with Crippen molar-refractivity contribution in [3.05, 3.63) is 47.2 Å². The normalized spacial score (nSPS) is 12.8. The Morgan fingerprint density at radius 2 is 2.06 bits per heavy atom. The summed E-state index contributed by atoms with van der Waals surface area (Å²) in [6.07, 6.45) is 4.92. The Balaban J connectivity index is 1.91. The van der Waals surface area contributed by atoms with E-state index in [4.69, 9.17) is 10.00 Å². The SMILES string of the molecule is N#Cc1ccnnc1Oc1ccc2c(c1)CCC2. The third kappa shape index (κ3) is 1.91. The summed E-state index contributed by atoms with van der Waals surface area (Å²) in [5.41, 5.74) is 3.11. The smallest absolute Gasteiger partial charge is 0.256 e. The predicted octanol–water partition coefficient (Wildman–Crippen LogP) is 2.63. The van der Waals surface area contributed by atoms with Gasteiger partial charge in [-0.2, -0.15) is 10.4 Å². The molecule has 0 fully saturated rings. The molecule has 1 heterocycles. The van der Waals surface area contributed by atoms with Crippen molar-refractivity contribution in [2.75, 3.05) is 0 Å². The van der Waals surface area contributed by atoms with E-state index in [0.29, 0.717) is 11.3 Å². The zero-order valence-corrected chi connectivity index (χ0v) is 9.76. The van der Waals surface area contributed by atoms with E-state index in [2.05, 4.69) is 16.3 Å². The fourth-order valence-corrected chi connectivity index (χ4v) is 2.20. The van der Waals surface area contributed by atoms with Crippen LogP contribution in [0.1, 0.15) is 23.1 Å². The summed E-state index contributed by atoms with van der Waals surface area (Å²) in [5, 5.41) is 16.5. The van der Waals surface area contributed by atoms with E-state index in [1.165, 1.54) is 23.7 Å². The maximum Gasteiger partial charge on any atom is 0.256 e. The van der Waals surface area contributed by atoms with Crippen molar-refractivity contribution in [1.29, 1.82) is 5.26 Å². The van der Waals surface area contributed by atoms with Crippen LogP contribution in [-0.4, -0.2) is 10.2 Å². The molecule has 3 rings (SSSR count). The van der Waals surface area contributed by atoms with Gasteiger partial charge in [0.1, 0.15) is 17.4 Å². The van der Waals surface area contributed by atoms with Crippen LogP contribution in [0.3, 0.4) is 0 Å². The highest BCUT2D eigenvalue weighted by Crippen LogP contribution is 2.28. The van der Waals surface area contributed by atoms with E-state index < -0.39 is 0 Å². The monoisotopic (exact) mass is 237 g/mol. The van der Waals surface area contributed by atoms with Crippen LogP contribution < -0.4 is 4.74 Å². The summed E-state index contributed by atoms with van der Waals surface area (Å²) in [6, 6.07) is 9.66. The maximum atomic E-state index is 8.95. The third-order valence-electron chi connectivity index (χ3n) is 3.09. The Labute approximate surface area is 105 Å². The molecule has 0 spiro atoms. The lowest BCUT2D eigenvalue weighted by Crippen LogP contribution is -1.94. The number of aromatic nitrogens is 2. The number of benzene rings is 1. The number of nitrogens with zero attached hydrogens (tertiary/aromatic N) is 3. The second kappa shape index (κ2) is 4.46. The second-order valence-electron chi connectivity index (χ2n) is 4.25. The summed E-state index contributed by atoms with van der Waals surface area (Å²) in [5.74, 6) is 0.977.